The van der Waals surface area contributed by atoms with Gasteiger partial charge in [-0.15, -0.1) is 0 Å². The zero-order valence-electron chi connectivity index (χ0n) is 12.4. The summed E-state index contributed by atoms with van der Waals surface area (Å²) in [7, 11) is 4.00. The van der Waals surface area contributed by atoms with Crippen LogP contribution in [0.2, 0.25) is 0 Å². The molecule has 4 heteroatoms. The molecule has 1 unspecified atom stereocenters. The van der Waals surface area contributed by atoms with Crippen LogP contribution in [0.1, 0.15) is 12.5 Å². The topological polar surface area (TPSA) is 39.1 Å². The lowest BCUT2D eigenvalue weighted by Crippen LogP contribution is -2.30. The van der Waals surface area contributed by atoms with Gasteiger partial charge in [-0.3, -0.25) is 0 Å². The van der Waals surface area contributed by atoms with Crippen molar-refractivity contribution in [2.24, 2.45) is 0 Å². The first-order valence-electron chi connectivity index (χ1n) is 6.67. The third-order valence-corrected chi connectivity index (χ3v) is 3.95. The van der Waals surface area contributed by atoms with Gasteiger partial charge >= 0.3 is 0 Å². The lowest BCUT2D eigenvalue weighted by molar-refractivity contribution is 0.706. The van der Waals surface area contributed by atoms with Gasteiger partial charge in [0.25, 0.3) is 0 Å². The van der Waals surface area contributed by atoms with Gasteiger partial charge in [0.1, 0.15) is 5.54 Å². The second-order valence-corrected chi connectivity index (χ2v) is 6.23. The lowest BCUT2D eigenvalue weighted by Gasteiger charge is -2.26. The standard InChI is InChI=1S/C17H18BrN3/c1-17(12-19,20-15-8-6-14(18)7-9-15)13-4-10-16(11-5-13)21(2)3/h4-11,20H,1-3H3. The molecule has 0 aliphatic rings. The van der Waals surface area contributed by atoms with E-state index in [1.165, 1.54) is 0 Å². The molecule has 108 valence electrons. The number of rotatable bonds is 4. The molecule has 1 atom stereocenters. The van der Waals surface area contributed by atoms with Gasteiger partial charge in [0.05, 0.1) is 6.07 Å². The Morgan fingerprint density at radius 2 is 1.62 bits per heavy atom. The molecule has 0 saturated heterocycles. The van der Waals surface area contributed by atoms with Crippen LogP contribution in [-0.4, -0.2) is 14.1 Å². The van der Waals surface area contributed by atoms with E-state index >= 15 is 0 Å². The van der Waals surface area contributed by atoms with Crippen molar-refractivity contribution in [1.29, 1.82) is 5.26 Å². The molecule has 0 bridgehead atoms. The fourth-order valence-electron chi connectivity index (χ4n) is 2.08. The maximum Gasteiger partial charge on any atom is 0.148 e. The van der Waals surface area contributed by atoms with E-state index in [2.05, 4.69) is 27.3 Å². The summed E-state index contributed by atoms with van der Waals surface area (Å²) in [6.07, 6.45) is 0. The number of anilines is 2. The highest BCUT2D eigenvalue weighted by atomic mass is 79.9. The maximum absolute atomic E-state index is 9.60. The van der Waals surface area contributed by atoms with Crippen LogP contribution < -0.4 is 10.2 Å². The summed E-state index contributed by atoms with van der Waals surface area (Å²) in [5.41, 5.74) is 2.21. The molecule has 0 radical (unpaired) electrons. The van der Waals surface area contributed by atoms with Crippen molar-refractivity contribution < 1.29 is 0 Å². The van der Waals surface area contributed by atoms with Crippen LogP contribution in [0.5, 0.6) is 0 Å². The first-order chi connectivity index (χ1) is 9.94. The number of nitrogens with zero attached hydrogens (tertiary/aromatic N) is 2. The highest BCUT2D eigenvalue weighted by molar-refractivity contribution is 9.10. The second kappa shape index (κ2) is 6.19. The predicted molar refractivity (Wildman–Crippen MR) is 91.5 cm³/mol. The molecule has 2 aromatic rings. The monoisotopic (exact) mass is 343 g/mol. The number of hydrogen-bond donors (Lipinski definition) is 1. The van der Waals surface area contributed by atoms with E-state index in [0.717, 1.165) is 21.4 Å². The fraction of sp³-hybridized carbons (Fsp3) is 0.235. The van der Waals surface area contributed by atoms with Crippen molar-refractivity contribution in [2.75, 3.05) is 24.3 Å². The van der Waals surface area contributed by atoms with Crippen molar-refractivity contribution in [3.05, 3.63) is 58.6 Å². The number of benzene rings is 2. The Balaban J connectivity index is 2.28. The quantitative estimate of drug-likeness (QED) is 0.895. The Morgan fingerprint density at radius 1 is 1.05 bits per heavy atom. The van der Waals surface area contributed by atoms with E-state index in [1.807, 2.05) is 74.4 Å². The first-order valence-corrected chi connectivity index (χ1v) is 7.47. The summed E-state index contributed by atoms with van der Waals surface area (Å²) in [6.45, 7) is 1.89. The van der Waals surface area contributed by atoms with Crippen molar-refractivity contribution in [3.63, 3.8) is 0 Å². The molecule has 1 N–H and O–H groups in total. The van der Waals surface area contributed by atoms with Gasteiger partial charge in [-0.05, 0) is 48.9 Å². The van der Waals surface area contributed by atoms with Gasteiger partial charge < -0.3 is 10.2 Å². The summed E-state index contributed by atoms with van der Waals surface area (Å²) in [5.74, 6) is 0. The number of nitrogens with one attached hydrogen (secondary N) is 1. The van der Waals surface area contributed by atoms with Gasteiger partial charge in [-0.2, -0.15) is 5.26 Å². The van der Waals surface area contributed by atoms with Crippen LogP contribution in [0, 0.1) is 11.3 Å². The van der Waals surface area contributed by atoms with Crippen molar-refractivity contribution in [3.8, 4) is 6.07 Å². The van der Waals surface area contributed by atoms with Crippen LogP contribution in [0.4, 0.5) is 11.4 Å². The Kier molecular flexibility index (Phi) is 4.54. The van der Waals surface area contributed by atoms with Crippen LogP contribution in [-0.2, 0) is 5.54 Å². The maximum atomic E-state index is 9.60. The van der Waals surface area contributed by atoms with Gasteiger partial charge in [-0.1, -0.05) is 28.1 Å². The van der Waals surface area contributed by atoms with Crippen molar-refractivity contribution >= 4 is 27.3 Å². The first kappa shape index (κ1) is 15.4. The molecule has 3 nitrogen and oxygen atoms in total. The number of halogens is 1. The Labute approximate surface area is 134 Å². The van der Waals surface area contributed by atoms with E-state index in [1.54, 1.807) is 0 Å². The summed E-state index contributed by atoms with van der Waals surface area (Å²) in [5, 5.41) is 12.9. The molecule has 0 spiro atoms. The van der Waals surface area contributed by atoms with Crippen LogP contribution in [0.3, 0.4) is 0 Å². The highest BCUT2D eigenvalue weighted by Crippen LogP contribution is 2.27. The van der Waals surface area contributed by atoms with Crippen LogP contribution in [0.25, 0.3) is 0 Å². The van der Waals surface area contributed by atoms with E-state index in [9.17, 15) is 5.26 Å². The predicted octanol–water partition coefficient (Wildman–Crippen LogP) is 4.37. The van der Waals surface area contributed by atoms with E-state index in [0.29, 0.717) is 0 Å². The molecule has 0 fully saturated rings. The highest BCUT2D eigenvalue weighted by Gasteiger charge is 2.26. The van der Waals surface area contributed by atoms with Gasteiger partial charge in [0, 0.05) is 29.9 Å². The molecule has 0 aliphatic carbocycles. The molecule has 2 rings (SSSR count). The Morgan fingerprint density at radius 3 is 2.10 bits per heavy atom. The molecule has 0 aliphatic heterocycles. The number of nitriles is 1. The van der Waals surface area contributed by atoms with E-state index < -0.39 is 5.54 Å². The molecular weight excluding hydrogens is 326 g/mol. The van der Waals surface area contributed by atoms with Crippen LogP contribution >= 0.6 is 15.9 Å². The van der Waals surface area contributed by atoms with Gasteiger partial charge in [0.15, 0.2) is 0 Å². The van der Waals surface area contributed by atoms with Crippen molar-refractivity contribution in [2.45, 2.75) is 12.5 Å². The minimum atomic E-state index is -0.765. The average molecular weight is 344 g/mol. The lowest BCUT2D eigenvalue weighted by atomic mass is 9.93. The molecule has 0 saturated carbocycles. The molecular formula is C17H18BrN3. The van der Waals surface area contributed by atoms with Crippen LogP contribution in [0.15, 0.2) is 53.0 Å². The summed E-state index contributed by atoms with van der Waals surface area (Å²) in [4.78, 5) is 2.04. The minimum absolute atomic E-state index is 0.765. The SMILES string of the molecule is CN(C)c1ccc(C(C)(C#N)Nc2ccc(Br)cc2)cc1. The normalized spacial score (nSPS) is 13.1. The Bertz CT molecular complexity index is 641. The third-order valence-electron chi connectivity index (χ3n) is 3.42. The van der Waals surface area contributed by atoms with E-state index in [4.69, 9.17) is 0 Å². The van der Waals surface area contributed by atoms with Gasteiger partial charge in [0.2, 0.25) is 0 Å². The minimum Gasteiger partial charge on any atom is -0.378 e. The summed E-state index contributed by atoms with van der Waals surface area (Å²) in [6, 6.07) is 18.2. The average Bonchev–Trinajstić information content (AvgIpc) is 2.49. The zero-order valence-corrected chi connectivity index (χ0v) is 14.0. The largest absolute Gasteiger partial charge is 0.378 e. The van der Waals surface area contributed by atoms with Gasteiger partial charge in [-0.25, -0.2) is 0 Å². The Hall–Kier alpha value is -1.99. The molecule has 0 heterocycles. The molecule has 0 aromatic heterocycles. The summed E-state index contributed by atoms with van der Waals surface area (Å²) >= 11 is 3.41. The zero-order chi connectivity index (χ0) is 15.5. The third kappa shape index (κ3) is 3.56. The summed E-state index contributed by atoms with van der Waals surface area (Å²) < 4.78 is 1.02. The molecule has 21 heavy (non-hydrogen) atoms. The molecule has 2 aromatic carbocycles. The fourth-order valence-corrected chi connectivity index (χ4v) is 2.34. The smallest absolute Gasteiger partial charge is 0.148 e. The number of hydrogen-bond acceptors (Lipinski definition) is 3. The van der Waals surface area contributed by atoms with E-state index in [-0.39, 0.29) is 0 Å². The van der Waals surface area contributed by atoms with Crippen molar-refractivity contribution in [1.82, 2.24) is 0 Å². The molecule has 0 amide bonds. The second-order valence-electron chi connectivity index (χ2n) is 5.31.